The molecule has 0 saturated heterocycles. The van der Waals surface area contributed by atoms with Crippen molar-refractivity contribution in [1.82, 2.24) is 14.9 Å². The number of aryl methyl sites for hydroxylation is 2. The monoisotopic (exact) mass is 449 g/mol. The number of nitrogens with zero attached hydrogens (tertiary/aromatic N) is 3. The Kier molecular flexibility index (Phi) is 6.46. The molecular weight excluding hydrogens is 425 g/mol. The lowest BCUT2D eigenvalue weighted by molar-refractivity contribution is 0.0698. The fourth-order valence-electron chi connectivity index (χ4n) is 3.75. The first-order valence-corrected chi connectivity index (χ1v) is 11.4. The zero-order valence-corrected chi connectivity index (χ0v) is 19.0. The summed E-state index contributed by atoms with van der Waals surface area (Å²) in [6.45, 7) is 5.99. The molecule has 164 valence electrons. The molecule has 4 aromatic rings. The number of amides is 1. The first kappa shape index (κ1) is 21.9. The van der Waals surface area contributed by atoms with Crippen LogP contribution in [0, 0.1) is 19.7 Å². The molecule has 3 heterocycles. The number of thiophene rings is 1. The van der Waals surface area contributed by atoms with Crippen molar-refractivity contribution >= 4 is 17.2 Å². The number of benzene rings is 1. The van der Waals surface area contributed by atoms with Crippen molar-refractivity contribution in [3.8, 4) is 10.8 Å². The number of rotatable bonds is 7. The summed E-state index contributed by atoms with van der Waals surface area (Å²) in [7, 11) is 0. The molecule has 5 nitrogen and oxygen atoms in total. The van der Waals surface area contributed by atoms with Gasteiger partial charge >= 0.3 is 0 Å². The molecule has 0 saturated carbocycles. The maximum absolute atomic E-state index is 14.0. The van der Waals surface area contributed by atoms with Crippen LogP contribution < -0.4 is 0 Å². The molecule has 1 atom stereocenters. The number of aromatic nitrogens is 2. The van der Waals surface area contributed by atoms with Gasteiger partial charge < -0.3 is 9.32 Å². The average molecular weight is 450 g/mol. The van der Waals surface area contributed by atoms with Gasteiger partial charge in [0.1, 0.15) is 11.6 Å². The topological polar surface area (TPSA) is 59.2 Å². The molecule has 7 heteroatoms. The van der Waals surface area contributed by atoms with Crippen LogP contribution in [0.25, 0.3) is 10.8 Å². The third-order valence-electron chi connectivity index (χ3n) is 5.27. The second kappa shape index (κ2) is 9.44. The molecule has 0 aliphatic heterocycles. The zero-order chi connectivity index (χ0) is 22.7. The summed E-state index contributed by atoms with van der Waals surface area (Å²) in [6.07, 6.45) is 4.18. The number of oxazole rings is 1. The first-order chi connectivity index (χ1) is 15.5. The van der Waals surface area contributed by atoms with E-state index in [0.29, 0.717) is 23.8 Å². The molecule has 3 aromatic heterocycles. The van der Waals surface area contributed by atoms with E-state index in [1.165, 1.54) is 17.4 Å². The highest BCUT2D eigenvalue weighted by Crippen LogP contribution is 2.33. The molecule has 1 amide bonds. The Labute approximate surface area is 190 Å². The van der Waals surface area contributed by atoms with Crippen molar-refractivity contribution in [1.29, 1.82) is 0 Å². The van der Waals surface area contributed by atoms with Crippen molar-refractivity contribution in [2.45, 2.75) is 33.2 Å². The van der Waals surface area contributed by atoms with E-state index in [0.717, 1.165) is 22.4 Å². The minimum absolute atomic E-state index is 0.230. The van der Waals surface area contributed by atoms with E-state index >= 15 is 0 Å². The largest absolute Gasteiger partial charge is 0.440 e. The van der Waals surface area contributed by atoms with Crippen molar-refractivity contribution in [3.05, 3.63) is 94.2 Å². The normalized spacial score (nSPS) is 12.0. The van der Waals surface area contributed by atoms with E-state index in [4.69, 9.17) is 4.42 Å². The van der Waals surface area contributed by atoms with Crippen molar-refractivity contribution in [2.75, 3.05) is 6.54 Å². The Balaban J connectivity index is 1.80. The smallest absolute Gasteiger partial charge is 0.276 e. The van der Waals surface area contributed by atoms with Crippen LogP contribution in [0.15, 0.2) is 64.7 Å². The average Bonchev–Trinajstić information content (AvgIpc) is 3.46. The predicted octanol–water partition coefficient (Wildman–Crippen LogP) is 6.20. The Morgan fingerprint density at radius 3 is 2.69 bits per heavy atom. The van der Waals surface area contributed by atoms with Crippen LogP contribution in [-0.2, 0) is 0 Å². The van der Waals surface area contributed by atoms with E-state index in [-0.39, 0.29) is 17.4 Å². The Morgan fingerprint density at radius 2 is 2.03 bits per heavy atom. The zero-order valence-electron chi connectivity index (χ0n) is 18.2. The molecule has 32 heavy (non-hydrogen) atoms. The van der Waals surface area contributed by atoms with Gasteiger partial charge in [0.2, 0.25) is 5.89 Å². The second-order valence-corrected chi connectivity index (χ2v) is 8.54. The van der Waals surface area contributed by atoms with Gasteiger partial charge in [-0.05, 0) is 60.5 Å². The Morgan fingerprint density at radius 1 is 1.19 bits per heavy atom. The predicted molar refractivity (Wildman–Crippen MR) is 123 cm³/mol. The summed E-state index contributed by atoms with van der Waals surface area (Å²) in [6, 6.07) is 12.1. The van der Waals surface area contributed by atoms with Gasteiger partial charge in [-0.15, -0.1) is 11.3 Å². The summed E-state index contributed by atoms with van der Waals surface area (Å²) < 4.78 is 19.8. The number of hydrogen-bond donors (Lipinski definition) is 0. The van der Waals surface area contributed by atoms with Crippen LogP contribution in [0.5, 0.6) is 0 Å². The van der Waals surface area contributed by atoms with Gasteiger partial charge in [0, 0.05) is 18.9 Å². The standard InChI is InChI=1S/C25H24FN3O2S/c1-4-12-29(25(30)22-17(3)31-24(28-22)21-8-6-13-32-21)23(19-7-5-11-27-15-19)18-9-10-20(26)16(2)14-18/h5-11,13-15,23H,4,12H2,1-3H3/t23-/m0/s1. The molecular formula is C25H24FN3O2S. The maximum Gasteiger partial charge on any atom is 0.276 e. The number of pyridine rings is 1. The molecule has 0 radical (unpaired) electrons. The van der Waals surface area contributed by atoms with E-state index < -0.39 is 6.04 Å². The third-order valence-corrected chi connectivity index (χ3v) is 6.12. The maximum atomic E-state index is 14.0. The van der Waals surface area contributed by atoms with Gasteiger partial charge in [-0.25, -0.2) is 9.37 Å². The Hall–Kier alpha value is -3.32. The van der Waals surface area contributed by atoms with E-state index in [2.05, 4.69) is 9.97 Å². The molecule has 1 aromatic carbocycles. The molecule has 4 rings (SSSR count). The van der Waals surface area contributed by atoms with E-state index in [1.54, 1.807) is 43.3 Å². The first-order valence-electron chi connectivity index (χ1n) is 10.5. The van der Waals surface area contributed by atoms with Crippen LogP contribution in [0.1, 0.15) is 52.3 Å². The lowest BCUT2D eigenvalue weighted by Crippen LogP contribution is -2.37. The number of hydrogen-bond acceptors (Lipinski definition) is 5. The summed E-state index contributed by atoms with van der Waals surface area (Å²) in [5.74, 6) is 0.402. The Bertz CT molecular complexity index is 1210. The molecule has 0 unspecified atom stereocenters. The number of carbonyl (C=O) groups is 1. The number of halogens is 1. The van der Waals surface area contributed by atoms with Crippen molar-refractivity contribution in [2.24, 2.45) is 0 Å². The quantitative estimate of drug-likeness (QED) is 0.337. The van der Waals surface area contributed by atoms with Crippen LogP contribution in [0.4, 0.5) is 4.39 Å². The SMILES string of the molecule is CCCN(C(=O)c1nc(-c2cccs2)oc1C)[C@H](c1cccnc1)c1ccc(F)c(C)c1. The van der Waals surface area contributed by atoms with E-state index in [9.17, 15) is 9.18 Å². The summed E-state index contributed by atoms with van der Waals surface area (Å²) >= 11 is 1.51. The van der Waals surface area contributed by atoms with Gasteiger partial charge in [-0.3, -0.25) is 9.78 Å². The molecule has 0 bridgehead atoms. The molecule has 0 N–H and O–H groups in total. The van der Waals surface area contributed by atoms with Crippen LogP contribution in [0.3, 0.4) is 0 Å². The summed E-state index contributed by atoms with van der Waals surface area (Å²) in [5, 5.41) is 1.94. The van der Waals surface area contributed by atoms with Crippen LogP contribution in [0.2, 0.25) is 0 Å². The summed E-state index contributed by atoms with van der Waals surface area (Å²) in [4.78, 5) is 25.2. The van der Waals surface area contributed by atoms with Gasteiger partial charge in [0.05, 0.1) is 10.9 Å². The molecule has 0 spiro atoms. The van der Waals surface area contributed by atoms with Crippen molar-refractivity contribution in [3.63, 3.8) is 0 Å². The van der Waals surface area contributed by atoms with Crippen molar-refractivity contribution < 1.29 is 13.6 Å². The van der Waals surface area contributed by atoms with Gasteiger partial charge in [-0.2, -0.15) is 0 Å². The summed E-state index contributed by atoms with van der Waals surface area (Å²) in [5.41, 5.74) is 2.48. The lowest BCUT2D eigenvalue weighted by atomic mass is 9.96. The lowest BCUT2D eigenvalue weighted by Gasteiger charge is -2.32. The van der Waals surface area contributed by atoms with Crippen LogP contribution >= 0.6 is 11.3 Å². The third kappa shape index (κ3) is 4.34. The number of carbonyl (C=O) groups excluding carboxylic acids is 1. The highest BCUT2D eigenvalue weighted by atomic mass is 32.1. The minimum atomic E-state index is -0.434. The van der Waals surface area contributed by atoms with E-state index in [1.807, 2.05) is 36.6 Å². The van der Waals surface area contributed by atoms with Gasteiger partial charge in [0.25, 0.3) is 5.91 Å². The molecule has 0 aliphatic carbocycles. The van der Waals surface area contributed by atoms with Gasteiger partial charge in [0.15, 0.2) is 5.69 Å². The van der Waals surface area contributed by atoms with Gasteiger partial charge in [-0.1, -0.05) is 31.2 Å². The highest BCUT2D eigenvalue weighted by Gasteiger charge is 2.31. The fraction of sp³-hybridized carbons (Fsp3) is 0.240. The van der Waals surface area contributed by atoms with Crippen LogP contribution in [-0.4, -0.2) is 27.3 Å². The molecule has 0 aliphatic rings. The second-order valence-electron chi connectivity index (χ2n) is 7.60. The molecule has 0 fully saturated rings. The minimum Gasteiger partial charge on any atom is -0.440 e. The fourth-order valence-corrected chi connectivity index (χ4v) is 4.40. The highest BCUT2D eigenvalue weighted by molar-refractivity contribution is 7.13.